The van der Waals surface area contributed by atoms with E-state index in [0.29, 0.717) is 6.61 Å². The van der Waals surface area contributed by atoms with E-state index in [9.17, 15) is 5.11 Å². The van der Waals surface area contributed by atoms with Crippen molar-refractivity contribution < 1.29 is 5.11 Å². The largest absolute Gasteiger partial charge is 0.396 e. The SMILES string of the molecule is CC1CCCC(CO)(CN(C)CC2CC2)C1. The molecule has 0 bridgehead atoms. The van der Waals surface area contributed by atoms with Gasteiger partial charge < -0.3 is 10.0 Å². The second kappa shape index (κ2) is 5.05. The standard InChI is InChI=1S/C14H27NO/c1-12-4-3-7-14(8-12,11-16)10-15(2)9-13-5-6-13/h12-13,16H,3-11H2,1-2H3. The van der Waals surface area contributed by atoms with Crippen LogP contribution in [0.25, 0.3) is 0 Å². The van der Waals surface area contributed by atoms with Crippen molar-refractivity contribution in [2.45, 2.75) is 45.4 Å². The lowest BCUT2D eigenvalue weighted by Gasteiger charge is -2.41. The Bertz CT molecular complexity index is 227. The lowest BCUT2D eigenvalue weighted by molar-refractivity contribution is 0.0299. The highest BCUT2D eigenvalue weighted by molar-refractivity contribution is 4.88. The van der Waals surface area contributed by atoms with Crippen molar-refractivity contribution in [2.24, 2.45) is 17.3 Å². The molecule has 2 atom stereocenters. The maximum absolute atomic E-state index is 9.73. The van der Waals surface area contributed by atoms with E-state index in [1.165, 1.54) is 45.1 Å². The van der Waals surface area contributed by atoms with Crippen molar-refractivity contribution in [3.8, 4) is 0 Å². The third kappa shape index (κ3) is 3.21. The number of nitrogens with zero attached hydrogens (tertiary/aromatic N) is 1. The Kier molecular flexibility index (Phi) is 3.91. The Hall–Kier alpha value is -0.0800. The zero-order valence-electron chi connectivity index (χ0n) is 10.9. The molecule has 2 aliphatic rings. The van der Waals surface area contributed by atoms with Crippen LogP contribution in [0.3, 0.4) is 0 Å². The summed E-state index contributed by atoms with van der Waals surface area (Å²) in [5.41, 5.74) is 0.210. The second-order valence-electron chi connectivity index (χ2n) is 6.50. The number of aliphatic hydroxyl groups excluding tert-OH is 1. The van der Waals surface area contributed by atoms with E-state index >= 15 is 0 Å². The maximum Gasteiger partial charge on any atom is 0.0499 e. The topological polar surface area (TPSA) is 23.5 Å². The molecule has 0 aliphatic heterocycles. The molecule has 0 aromatic rings. The molecular weight excluding hydrogens is 198 g/mol. The van der Waals surface area contributed by atoms with Gasteiger partial charge in [-0.05, 0) is 44.6 Å². The first kappa shape index (κ1) is 12.4. The molecule has 0 amide bonds. The molecule has 16 heavy (non-hydrogen) atoms. The van der Waals surface area contributed by atoms with E-state index in [0.717, 1.165) is 18.4 Å². The smallest absolute Gasteiger partial charge is 0.0499 e. The summed E-state index contributed by atoms with van der Waals surface area (Å²) in [4.78, 5) is 2.46. The Morgan fingerprint density at radius 2 is 2.06 bits per heavy atom. The summed E-state index contributed by atoms with van der Waals surface area (Å²) in [6.45, 7) is 5.07. The monoisotopic (exact) mass is 225 g/mol. The van der Waals surface area contributed by atoms with E-state index in [2.05, 4.69) is 18.9 Å². The molecule has 0 radical (unpaired) electrons. The Balaban J connectivity index is 1.86. The van der Waals surface area contributed by atoms with Crippen LogP contribution >= 0.6 is 0 Å². The van der Waals surface area contributed by atoms with Gasteiger partial charge in [-0.15, -0.1) is 0 Å². The normalized spacial score (nSPS) is 35.6. The van der Waals surface area contributed by atoms with Crippen LogP contribution in [0, 0.1) is 17.3 Å². The predicted octanol–water partition coefficient (Wildman–Crippen LogP) is 2.52. The maximum atomic E-state index is 9.73. The molecule has 0 spiro atoms. The van der Waals surface area contributed by atoms with Gasteiger partial charge in [0.15, 0.2) is 0 Å². The summed E-state index contributed by atoms with van der Waals surface area (Å²) >= 11 is 0. The van der Waals surface area contributed by atoms with E-state index in [4.69, 9.17) is 0 Å². The van der Waals surface area contributed by atoms with Crippen LogP contribution in [0.15, 0.2) is 0 Å². The number of hydrogen-bond donors (Lipinski definition) is 1. The summed E-state index contributed by atoms with van der Waals surface area (Å²) in [6, 6.07) is 0. The summed E-state index contributed by atoms with van der Waals surface area (Å²) in [6.07, 6.45) is 7.95. The van der Waals surface area contributed by atoms with Crippen molar-refractivity contribution in [1.29, 1.82) is 0 Å². The van der Waals surface area contributed by atoms with Crippen LogP contribution in [0.2, 0.25) is 0 Å². The minimum Gasteiger partial charge on any atom is -0.396 e. The first-order chi connectivity index (χ1) is 7.63. The first-order valence-corrected chi connectivity index (χ1v) is 6.93. The van der Waals surface area contributed by atoms with Crippen LogP contribution < -0.4 is 0 Å². The molecule has 0 saturated heterocycles. The molecule has 2 unspecified atom stereocenters. The van der Waals surface area contributed by atoms with Crippen molar-refractivity contribution >= 4 is 0 Å². The zero-order chi connectivity index (χ0) is 11.6. The number of aliphatic hydroxyl groups is 1. The Morgan fingerprint density at radius 3 is 2.62 bits per heavy atom. The van der Waals surface area contributed by atoms with Gasteiger partial charge in [0.2, 0.25) is 0 Å². The molecule has 2 rings (SSSR count). The fourth-order valence-corrected chi connectivity index (χ4v) is 3.48. The van der Waals surface area contributed by atoms with Crippen molar-refractivity contribution in [1.82, 2.24) is 4.90 Å². The molecule has 2 aliphatic carbocycles. The molecule has 2 saturated carbocycles. The van der Waals surface area contributed by atoms with Crippen LogP contribution in [-0.4, -0.2) is 36.8 Å². The third-order valence-corrected chi connectivity index (χ3v) is 4.39. The highest BCUT2D eigenvalue weighted by Gasteiger charge is 2.36. The molecule has 94 valence electrons. The summed E-state index contributed by atoms with van der Waals surface area (Å²) in [5.74, 6) is 1.76. The van der Waals surface area contributed by atoms with Gasteiger partial charge in [-0.2, -0.15) is 0 Å². The highest BCUT2D eigenvalue weighted by atomic mass is 16.3. The van der Waals surface area contributed by atoms with E-state index in [1.807, 2.05) is 0 Å². The van der Waals surface area contributed by atoms with Crippen molar-refractivity contribution in [3.63, 3.8) is 0 Å². The van der Waals surface area contributed by atoms with Crippen molar-refractivity contribution in [3.05, 3.63) is 0 Å². The fourth-order valence-electron chi connectivity index (χ4n) is 3.48. The zero-order valence-corrected chi connectivity index (χ0v) is 10.9. The minimum absolute atomic E-state index is 0.210. The number of rotatable bonds is 5. The molecule has 2 fully saturated rings. The van der Waals surface area contributed by atoms with E-state index in [-0.39, 0.29) is 5.41 Å². The van der Waals surface area contributed by atoms with Crippen LogP contribution in [0.1, 0.15) is 45.4 Å². The first-order valence-electron chi connectivity index (χ1n) is 6.93. The average Bonchev–Trinajstić information content (AvgIpc) is 3.01. The van der Waals surface area contributed by atoms with Gasteiger partial charge in [-0.1, -0.05) is 19.8 Å². The van der Waals surface area contributed by atoms with Gasteiger partial charge in [-0.3, -0.25) is 0 Å². The van der Waals surface area contributed by atoms with Gasteiger partial charge in [0.05, 0.1) is 0 Å². The lowest BCUT2D eigenvalue weighted by atomic mass is 9.70. The fraction of sp³-hybridized carbons (Fsp3) is 1.00. The molecule has 1 N–H and O–H groups in total. The summed E-state index contributed by atoms with van der Waals surface area (Å²) in [7, 11) is 2.23. The van der Waals surface area contributed by atoms with E-state index in [1.54, 1.807) is 0 Å². The molecule has 0 aromatic heterocycles. The van der Waals surface area contributed by atoms with Gasteiger partial charge >= 0.3 is 0 Å². The Morgan fingerprint density at radius 1 is 1.31 bits per heavy atom. The molecule has 2 heteroatoms. The van der Waals surface area contributed by atoms with Crippen LogP contribution in [0.4, 0.5) is 0 Å². The number of hydrogen-bond acceptors (Lipinski definition) is 2. The minimum atomic E-state index is 0.210. The van der Waals surface area contributed by atoms with Crippen LogP contribution in [0.5, 0.6) is 0 Å². The Labute approximate surface area is 100 Å². The highest BCUT2D eigenvalue weighted by Crippen LogP contribution is 2.40. The summed E-state index contributed by atoms with van der Waals surface area (Å²) in [5, 5.41) is 9.73. The van der Waals surface area contributed by atoms with Crippen LogP contribution in [-0.2, 0) is 0 Å². The molecule has 2 nitrogen and oxygen atoms in total. The lowest BCUT2D eigenvalue weighted by Crippen LogP contribution is -2.42. The molecule has 0 aromatic carbocycles. The quantitative estimate of drug-likeness (QED) is 0.777. The molecule has 0 heterocycles. The predicted molar refractivity (Wildman–Crippen MR) is 67.4 cm³/mol. The van der Waals surface area contributed by atoms with Crippen molar-refractivity contribution in [2.75, 3.05) is 26.7 Å². The van der Waals surface area contributed by atoms with Gasteiger partial charge in [0.1, 0.15) is 0 Å². The van der Waals surface area contributed by atoms with E-state index < -0.39 is 0 Å². The van der Waals surface area contributed by atoms with Gasteiger partial charge in [0.25, 0.3) is 0 Å². The second-order valence-corrected chi connectivity index (χ2v) is 6.50. The third-order valence-electron chi connectivity index (χ3n) is 4.39. The summed E-state index contributed by atoms with van der Waals surface area (Å²) < 4.78 is 0. The average molecular weight is 225 g/mol. The van der Waals surface area contributed by atoms with Gasteiger partial charge in [-0.25, -0.2) is 0 Å². The van der Waals surface area contributed by atoms with Gasteiger partial charge in [0, 0.05) is 25.1 Å². The molecular formula is C14H27NO.